The molecule has 0 amide bonds. The van der Waals surface area contributed by atoms with Gasteiger partial charge in [-0.1, -0.05) is 31.6 Å². The van der Waals surface area contributed by atoms with E-state index in [1.54, 1.807) is 0 Å². The molecular formula is C15H20N2O. The van der Waals surface area contributed by atoms with Gasteiger partial charge in [0, 0.05) is 23.7 Å². The second kappa shape index (κ2) is 4.39. The lowest BCUT2D eigenvalue weighted by atomic mass is 9.69. The third-order valence-corrected chi connectivity index (χ3v) is 4.22. The average molecular weight is 244 g/mol. The van der Waals surface area contributed by atoms with E-state index in [0.29, 0.717) is 6.73 Å². The summed E-state index contributed by atoms with van der Waals surface area (Å²) in [7, 11) is 0. The molecule has 3 nitrogen and oxygen atoms in total. The van der Waals surface area contributed by atoms with Crippen LogP contribution in [0.2, 0.25) is 0 Å². The molecule has 0 aromatic heterocycles. The molecule has 0 spiro atoms. The van der Waals surface area contributed by atoms with E-state index in [1.807, 2.05) is 6.20 Å². The third kappa shape index (κ3) is 1.65. The first kappa shape index (κ1) is 11.7. The fourth-order valence-corrected chi connectivity index (χ4v) is 3.14. The lowest BCUT2D eigenvalue weighted by molar-refractivity contribution is 0.184. The highest BCUT2D eigenvalue weighted by molar-refractivity contribution is 6.07. The monoisotopic (exact) mass is 244 g/mol. The second-order valence-electron chi connectivity index (χ2n) is 5.33. The van der Waals surface area contributed by atoms with Gasteiger partial charge in [0.1, 0.15) is 12.5 Å². The first-order valence-electron chi connectivity index (χ1n) is 6.77. The van der Waals surface area contributed by atoms with Gasteiger partial charge in [-0.15, -0.1) is 0 Å². The van der Waals surface area contributed by atoms with Gasteiger partial charge in [-0.3, -0.25) is 10.3 Å². The minimum absolute atomic E-state index is 0.0500. The Morgan fingerprint density at radius 2 is 2.39 bits per heavy atom. The normalized spacial score (nSPS) is 30.8. The number of allylic oxidation sites excluding steroid dienone is 3. The van der Waals surface area contributed by atoms with Crippen molar-refractivity contribution in [3.8, 4) is 0 Å². The minimum Gasteiger partial charge on any atom is -0.476 e. The minimum atomic E-state index is 0.0500. The van der Waals surface area contributed by atoms with Crippen LogP contribution < -0.4 is 5.32 Å². The van der Waals surface area contributed by atoms with E-state index >= 15 is 0 Å². The Bertz CT molecular complexity index is 485. The highest BCUT2D eigenvalue weighted by atomic mass is 16.5. The van der Waals surface area contributed by atoms with Crippen molar-refractivity contribution in [2.75, 3.05) is 13.3 Å². The zero-order valence-electron chi connectivity index (χ0n) is 11.1. The summed E-state index contributed by atoms with van der Waals surface area (Å²) >= 11 is 0. The van der Waals surface area contributed by atoms with Gasteiger partial charge in [0.15, 0.2) is 0 Å². The summed E-state index contributed by atoms with van der Waals surface area (Å²) in [6.07, 6.45) is 9.70. The number of hydrogen-bond donors (Lipinski definition) is 1. The lowest BCUT2D eigenvalue weighted by Gasteiger charge is -2.39. The summed E-state index contributed by atoms with van der Waals surface area (Å²) in [5.41, 5.74) is 3.92. The van der Waals surface area contributed by atoms with Crippen molar-refractivity contribution >= 4 is 5.71 Å². The van der Waals surface area contributed by atoms with E-state index in [1.165, 1.54) is 11.1 Å². The Morgan fingerprint density at radius 1 is 1.50 bits per heavy atom. The zero-order valence-corrected chi connectivity index (χ0v) is 11.1. The summed E-state index contributed by atoms with van der Waals surface area (Å²) < 4.78 is 5.82. The summed E-state index contributed by atoms with van der Waals surface area (Å²) in [6.45, 7) is 6.02. The Balaban J connectivity index is 2.15. The summed E-state index contributed by atoms with van der Waals surface area (Å²) in [5, 5.41) is 3.25. The van der Waals surface area contributed by atoms with Crippen molar-refractivity contribution in [1.29, 1.82) is 0 Å². The molecule has 1 unspecified atom stereocenters. The van der Waals surface area contributed by atoms with Crippen LogP contribution in [0.15, 0.2) is 40.2 Å². The second-order valence-corrected chi connectivity index (χ2v) is 5.33. The van der Waals surface area contributed by atoms with Gasteiger partial charge >= 0.3 is 0 Å². The van der Waals surface area contributed by atoms with Crippen LogP contribution in [-0.4, -0.2) is 19.0 Å². The quantitative estimate of drug-likeness (QED) is 0.769. The van der Waals surface area contributed by atoms with Crippen molar-refractivity contribution in [2.24, 2.45) is 10.4 Å². The van der Waals surface area contributed by atoms with Gasteiger partial charge in [0.25, 0.3) is 0 Å². The molecule has 0 aromatic rings. The first-order chi connectivity index (χ1) is 8.75. The van der Waals surface area contributed by atoms with Crippen molar-refractivity contribution in [1.82, 2.24) is 5.32 Å². The van der Waals surface area contributed by atoms with Crippen LogP contribution in [0, 0.1) is 5.41 Å². The van der Waals surface area contributed by atoms with E-state index in [2.05, 4.69) is 36.3 Å². The summed E-state index contributed by atoms with van der Waals surface area (Å²) in [5.74, 6) is 1.01. The van der Waals surface area contributed by atoms with Crippen molar-refractivity contribution in [3.05, 3.63) is 35.3 Å². The van der Waals surface area contributed by atoms with Crippen LogP contribution in [0.5, 0.6) is 0 Å². The van der Waals surface area contributed by atoms with E-state index in [0.717, 1.165) is 37.3 Å². The number of hydrogen-bond acceptors (Lipinski definition) is 3. The largest absolute Gasteiger partial charge is 0.476 e. The van der Waals surface area contributed by atoms with Gasteiger partial charge < -0.3 is 4.74 Å². The molecule has 2 heterocycles. The molecule has 1 N–H and O–H groups in total. The Hall–Kier alpha value is -1.35. The van der Waals surface area contributed by atoms with Gasteiger partial charge in [-0.2, -0.15) is 0 Å². The maximum atomic E-state index is 5.82. The van der Waals surface area contributed by atoms with Gasteiger partial charge in [0.2, 0.25) is 0 Å². The molecule has 0 saturated carbocycles. The molecule has 0 bridgehead atoms. The maximum Gasteiger partial charge on any atom is 0.148 e. The van der Waals surface area contributed by atoms with Crippen LogP contribution in [0.4, 0.5) is 0 Å². The standard InChI is InChI=1S/C15H20N2O/c1-3-12-8-11-9-16-10-18-13(11)14-15(12,2)6-4-5-7-17-14/h5,7-8,16H,3-4,6,9-10H2,1-2H3. The molecular weight excluding hydrogens is 224 g/mol. The topological polar surface area (TPSA) is 33.6 Å². The number of ether oxygens (including phenoxy) is 1. The zero-order chi connectivity index (χ0) is 12.6. The number of nitrogens with zero attached hydrogens (tertiary/aromatic N) is 1. The fourth-order valence-electron chi connectivity index (χ4n) is 3.14. The van der Waals surface area contributed by atoms with Gasteiger partial charge in [0.05, 0.1) is 5.71 Å². The fraction of sp³-hybridized carbons (Fsp3) is 0.533. The smallest absolute Gasteiger partial charge is 0.148 e. The van der Waals surface area contributed by atoms with Crippen LogP contribution >= 0.6 is 0 Å². The predicted molar refractivity (Wildman–Crippen MR) is 73.3 cm³/mol. The molecule has 3 rings (SSSR count). The van der Waals surface area contributed by atoms with Crippen molar-refractivity contribution in [3.63, 3.8) is 0 Å². The molecule has 0 fully saturated rings. The Kier molecular flexibility index (Phi) is 2.86. The van der Waals surface area contributed by atoms with Crippen LogP contribution in [0.3, 0.4) is 0 Å². The SMILES string of the molecule is CCC1=CC2=C(OCNC2)C2=NC=CCCC12C. The van der Waals surface area contributed by atoms with Gasteiger partial charge in [-0.05, 0) is 19.3 Å². The number of fused-ring (bicyclic) bond motifs is 2. The van der Waals surface area contributed by atoms with E-state index in [-0.39, 0.29) is 5.41 Å². The molecule has 1 aliphatic carbocycles. The molecule has 96 valence electrons. The van der Waals surface area contributed by atoms with Gasteiger partial charge in [-0.25, -0.2) is 0 Å². The average Bonchev–Trinajstić information content (AvgIpc) is 2.60. The first-order valence-corrected chi connectivity index (χ1v) is 6.77. The van der Waals surface area contributed by atoms with Crippen LogP contribution in [0.25, 0.3) is 0 Å². The summed E-state index contributed by atoms with van der Waals surface area (Å²) in [6, 6.07) is 0. The molecule has 3 aliphatic rings. The van der Waals surface area contributed by atoms with E-state index < -0.39 is 0 Å². The third-order valence-electron chi connectivity index (χ3n) is 4.22. The highest BCUT2D eigenvalue weighted by Crippen LogP contribution is 2.44. The predicted octanol–water partition coefficient (Wildman–Crippen LogP) is 2.92. The lowest BCUT2D eigenvalue weighted by Crippen LogP contribution is -2.40. The molecule has 1 atom stereocenters. The van der Waals surface area contributed by atoms with Crippen LogP contribution in [0.1, 0.15) is 33.1 Å². The van der Waals surface area contributed by atoms with Crippen molar-refractivity contribution in [2.45, 2.75) is 33.1 Å². The molecule has 18 heavy (non-hydrogen) atoms. The van der Waals surface area contributed by atoms with E-state index in [4.69, 9.17) is 4.74 Å². The molecule has 0 aromatic carbocycles. The summed E-state index contributed by atoms with van der Waals surface area (Å²) in [4.78, 5) is 4.68. The van der Waals surface area contributed by atoms with Crippen molar-refractivity contribution < 1.29 is 4.74 Å². The molecule has 0 saturated heterocycles. The highest BCUT2D eigenvalue weighted by Gasteiger charge is 2.41. The molecule has 3 heteroatoms. The Labute approximate surface area is 108 Å². The van der Waals surface area contributed by atoms with Crippen LogP contribution in [-0.2, 0) is 4.74 Å². The number of aliphatic imine (C=N–C) groups is 1. The Morgan fingerprint density at radius 3 is 3.22 bits per heavy atom. The number of rotatable bonds is 1. The maximum absolute atomic E-state index is 5.82. The number of nitrogens with one attached hydrogen (secondary N) is 1. The molecule has 2 aliphatic heterocycles. The molecule has 0 radical (unpaired) electrons. The van der Waals surface area contributed by atoms with E-state index in [9.17, 15) is 0 Å².